The molecule has 1 saturated carbocycles. The van der Waals surface area contributed by atoms with Crippen LogP contribution in [0.5, 0.6) is 11.5 Å². The van der Waals surface area contributed by atoms with Crippen molar-refractivity contribution in [3.05, 3.63) is 23.3 Å². The van der Waals surface area contributed by atoms with Gasteiger partial charge in [-0.1, -0.05) is 6.07 Å². The Labute approximate surface area is 160 Å². The molecule has 5 atom stereocenters. The number of hydrogen-bond acceptors (Lipinski definition) is 5. The fourth-order valence-corrected chi connectivity index (χ4v) is 6.75. The SMILES string of the molecule is COc1ccc2c3c1O[C@H]1C(=O)C[C@H](CC(C)(C)O)C4C(C2)N(C)CCC341. The second-order valence-electron chi connectivity index (χ2n) is 9.64. The maximum absolute atomic E-state index is 13.2. The number of methoxy groups -OCH3 is 1. The molecule has 2 bridgehead atoms. The number of nitrogens with zero attached hydrogens (tertiary/aromatic N) is 1. The van der Waals surface area contributed by atoms with E-state index >= 15 is 0 Å². The Morgan fingerprint density at radius 3 is 2.85 bits per heavy atom. The molecule has 2 aliphatic heterocycles. The monoisotopic (exact) mass is 371 g/mol. The minimum absolute atomic E-state index is 0.176. The first-order valence-corrected chi connectivity index (χ1v) is 10.1. The molecule has 2 fully saturated rings. The molecule has 1 aromatic rings. The number of ketones is 1. The molecule has 1 aromatic carbocycles. The van der Waals surface area contributed by atoms with Crippen LogP contribution in [0.3, 0.4) is 0 Å². The lowest BCUT2D eigenvalue weighted by Gasteiger charge is -2.60. The predicted molar refractivity (Wildman–Crippen MR) is 101 cm³/mol. The minimum Gasteiger partial charge on any atom is -0.493 e. The van der Waals surface area contributed by atoms with E-state index < -0.39 is 11.7 Å². The van der Waals surface area contributed by atoms with E-state index in [0.29, 0.717) is 24.8 Å². The number of likely N-dealkylation sites (tertiary alicyclic amines) is 1. The van der Waals surface area contributed by atoms with Gasteiger partial charge in [-0.15, -0.1) is 0 Å². The highest BCUT2D eigenvalue weighted by Gasteiger charge is 2.68. The molecule has 27 heavy (non-hydrogen) atoms. The number of hydrogen-bond donors (Lipinski definition) is 1. The largest absolute Gasteiger partial charge is 0.493 e. The number of benzene rings is 1. The van der Waals surface area contributed by atoms with Crippen molar-refractivity contribution in [2.45, 2.75) is 62.7 Å². The molecule has 2 aliphatic carbocycles. The van der Waals surface area contributed by atoms with Crippen molar-refractivity contribution in [2.75, 3.05) is 20.7 Å². The summed E-state index contributed by atoms with van der Waals surface area (Å²) in [7, 11) is 3.87. The molecule has 146 valence electrons. The second kappa shape index (κ2) is 5.48. The van der Waals surface area contributed by atoms with Crippen LogP contribution in [0, 0.1) is 11.8 Å². The van der Waals surface area contributed by atoms with Gasteiger partial charge in [0.05, 0.1) is 12.7 Å². The summed E-state index contributed by atoms with van der Waals surface area (Å²) in [6.45, 7) is 4.69. The molecule has 3 unspecified atom stereocenters. The van der Waals surface area contributed by atoms with Gasteiger partial charge in [-0.2, -0.15) is 0 Å². The fraction of sp³-hybridized carbons (Fsp3) is 0.682. The van der Waals surface area contributed by atoms with Crippen molar-refractivity contribution < 1.29 is 19.4 Å². The van der Waals surface area contributed by atoms with Gasteiger partial charge in [0.2, 0.25) is 0 Å². The van der Waals surface area contributed by atoms with Crippen LogP contribution in [-0.2, 0) is 16.6 Å². The fourth-order valence-electron chi connectivity index (χ4n) is 6.75. The first kappa shape index (κ1) is 17.5. The zero-order chi connectivity index (χ0) is 19.1. The van der Waals surface area contributed by atoms with E-state index in [4.69, 9.17) is 9.47 Å². The summed E-state index contributed by atoms with van der Waals surface area (Å²) < 4.78 is 12.0. The number of carbonyl (C=O) groups excluding carboxylic acids is 1. The van der Waals surface area contributed by atoms with Gasteiger partial charge in [0.1, 0.15) is 0 Å². The third-order valence-corrected chi connectivity index (χ3v) is 7.50. The molecule has 5 heteroatoms. The van der Waals surface area contributed by atoms with Crippen LogP contribution in [0.4, 0.5) is 0 Å². The highest BCUT2D eigenvalue weighted by Crippen LogP contribution is 2.64. The lowest BCUT2D eigenvalue weighted by atomic mass is 9.48. The van der Waals surface area contributed by atoms with Crippen molar-refractivity contribution in [1.29, 1.82) is 0 Å². The first-order valence-electron chi connectivity index (χ1n) is 10.1. The molecule has 0 amide bonds. The highest BCUT2D eigenvalue weighted by molar-refractivity contribution is 5.89. The van der Waals surface area contributed by atoms with Crippen molar-refractivity contribution >= 4 is 5.78 Å². The van der Waals surface area contributed by atoms with Crippen LogP contribution in [0.15, 0.2) is 12.1 Å². The summed E-state index contributed by atoms with van der Waals surface area (Å²) in [5.74, 6) is 2.22. The standard InChI is InChI=1S/C22H29NO4/c1-21(2,25)11-13-10-15(24)20-22-7-8-23(3)14(17(13)22)9-12-5-6-16(26-4)19(27-20)18(12)22/h5-6,13-14,17,20,25H,7-11H2,1-4H3/t13-,14?,17?,20+,22?/m1/s1. The van der Waals surface area contributed by atoms with E-state index in [2.05, 4.69) is 18.0 Å². The third kappa shape index (κ3) is 2.21. The van der Waals surface area contributed by atoms with Gasteiger partial charge < -0.3 is 19.5 Å². The molecule has 0 aromatic heterocycles. The smallest absolute Gasteiger partial charge is 0.174 e. The average Bonchev–Trinajstić information content (AvgIpc) is 2.94. The third-order valence-electron chi connectivity index (χ3n) is 7.50. The molecule has 1 saturated heterocycles. The summed E-state index contributed by atoms with van der Waals surface area (Å²) in [6.07, 6.45) is 2.65. The molecule has 5 rings (SSSR count). The number of Topliss-reactive ketones (excluding diaryl/α,β-unsaturated/α-hetero) is 1. The minimum atomic E-state index is -0.780. The maximum Gasteiger partial charge on any atom is 0.174 e. The molecular formula is C22H29NO4. The lowest BCUT2D eigenvalue weighted by Crippen LogP contribution is -2.68. The zero-order valence-electron chi connectivity index (χ0n) is 16.6. The Kier molecular flexibility index (Phi) is 3.55. The Balaban J connectivity index is 1.73. The topological polar surface area (TPSA) is 59.0 Å². The Morgan fingerprint density at radius 2 is 2.15 bits per heavy atom. The Bertz CT molecular complexity index is 813. The quantitative estimate of drug-likeness (QED) is 0.884. The van der Waals surface area contributed by atoms with Gasteiger partial charge in [-0.25, -0.2) is 0 Å². The van der Waals surface area contributed by atoms with Crippen molar-refractivity contribution in [3.63, 3.8) is 0 Å². The van der Waals surface area contributed by atoms with Gasteiger partial charge in [-0.3, -0.25) is 4.79 Å². The van der Waals surface area contributed by atoms with Gasteiger partial charge in [0, 0.05) is 23.4 Å². The van der Waals surface area contributed by atoms with Gasteiger partial charge in [0.15, 0.2) is 23.4 Å². The van der Waals surface area contributed by atoms with Crippen molar-refractivity contribution in [1.82, 2.24) is 4.90 Å². The number of likely N-dealkylation sites (N-methyl/N-ethyl adjacent to an activating group) is 1. The van der Waals surface area contributed by atoms with E-state index in [1.807, 2.05) is 19.9 Å². The molecular weight excluding hydrogens is 342 g/mol. The molecule has 4 aliphatic rings. The van der Waals surface area contributed by atoms with Crippen molar-refractivity contribution in [3.8, 4) is 11.5 Å². The highest BCUT2D eigenvalue weighted by atomic mass is 16.5. The van der Waals surface area contributed by atoms with Gasteiger partial charge >= 0.3 is 0 Å². The summed E-state index contributed by atoms with van der Waals surface area (Å²) in [4.78, 5) is 15.7. The maximum atomic E-state index is 13.2. The Morgan fingerprint density at radius 1 is 1.37 bits per heavy atom. The van der Waals surface area contributed by atoms with Crippen LogP contribution in [0.25, 0.3) is 0 Å². The van der Waals surface area contributed by atoms with Gasteiger partial charge in [-0.05, 0) is 70.2 Å². The molecule has 1 spiro atoms. The number of piperidine rings is 1. The van der Waals surface area contributed by atoms with Crippen LogP contribution in [-0.4, -0.2) is 54.2 Å². The Hall–Kier alpha value is -1.59. The summed E-state index contributed by atoms with van der Waals surface area (Å²) in [5, 5.41) is 10.6. The van der Waals surface area contributed by atoms with Crippen LogP contribution in [0.2, 0.25) is 0 Å². The number of aliphatic hydroxyl groups is 1. The lowest BCUT2D eigenvalue weighted by molar-refractivity contribution is -0.146. The summed E-state index contributed by atoms with van der Waals surface area (Å²) in [6, 6.07) is 4.53. The van der Waals surface area contributed by atoms with Gasteiger partial charge in [0.25, 0.3) is 0 Å². The molecule has 0 radical (unpaired) electrons. The number of carbonyl (C=O) groups is 1. The summed E-state index contributed by atoms with van der Waals surface area (Å²) >= 11 is 0. The van der Waals surface area contributed by atoms with E-state index in [1.165, 1.54) is 11.1 Å². The summed E-state index contributed by atoms with van der Waals surface area (Å²) in [5.41, 5.74) is 1.49. The number of ether oxygens (including phenoxy) is 2. The van der Waals surface area contributed by atoms with E-state index in [1.54, 1.807) is 7.11 Å². The molecule has 1 N–H and O–H groups in total. The second-order valence-corrected chi connectivity index (χ2v) is 9.64. The number of rotatable bonds is 3. The van der Waals surface area contributed by atoms with E-state index in [-0.39, 0.29) is 17.1 Å². The van der Waals surface area contributed by atoms with Crippen LogP contribution >= 0.6 is 0 Å². The van der Waals surface area contributed by atoms with Crippen molar-refractivity contribution in [2.24, 2.45) is 11.8 Å². The first-order chi connectivity index (χ1) is 12.8. The average molecular weight is 371 g/mol. The normalized spacial score (nSPS) is 37.0. The molecule has 2 heterocycles. The van der Waals surface area contributed by atoms with Crippen LogP contribution in [0.1, 0.15) is 44.2 Å². The predicted octanol–water partition coefficient (Wildman–Crippen LogP) is 2.32. The van der Waals surface area contributed by atoms with E-state index in [0.717, 1.165) is 30.9 Å². The van der Waals surface area contributed by atoms with E-state index in [9.17, 15) is 9.90 Å². The molecule has 5 nitrogen and oxygen atoms in total. The zero-order valence-corrected chi connectivity index (χ0v) is 16.6. The van der Waals surface area contributed by atoms with Crippen LogP contribution < -0.4 is 9.47 Å².